The number of sulfone groups is 1. The lowest BCUT2D eigenvalue weighted by Crippen LogP contribution is -2.17. The van der Waals surface area contributed by atoms with Gasteiger partial charge in [0.05, 0.1) is 20.7 Å². The first-order valence-electron chi connectivity index (χ1n) is 8.32. The molecule has 2 aromatic carbocycles. The first-order valence-corrected chi connectivity index (χ1v) is 11.0. The maximum atomic E-state index is 12.8. The third-order valence-corrected chi connectivity index (χ3v) is 6.52. The first kappa shape index (κ1) is 19.3. The molecule has 0 aliphatic heterocycles. The van der Waals surface area contributed by atoms with Crippen molar-refractivity contribution in [2.45, 2.75) is 25.3 Å². The smallest absolute Gasteiger partial charge is 0.280 e. The van der Waals surface area contributed by atoms with Gasteiger partial charge in [-0.1, -0.05) is 35.6 Å². The topological polar surface area (TPSA) is 68.5 Å². The van der Waals surface area contributed by atoms with E-state index in [-0.39, 0.29) is 10.5 Å². The lowest BCUT2D eigenvalue weighted by Gasteiger charge is -2.05. The molecule has 0 aliphatic carbocycles. The third-order valence-electron chi connectivity index (χ3n) is 4.14. The van der Waals surface area contributed by atoms with Crippen LogP contribution in [-0.4, -0.2) is 25.1 Å². The van der Waals surface area contributed by atoms with Gasteiger partial charge in [0, 0.05) is 12.8 Å². The Hall–Kier alpha value is -2.51. The molecule has 0 saturated carbocycles. The summed E-state index contributed by atoms with van der Waals surface area (Å²) in [7, 11) is -3.53. The molecule has 0 fully saturated rings. The summed E-state index contributed by atoms with van der Waals surface area (Å²) >= 11 is 1.41. The molecular weight excluding hydrogens is 380 g/mol. The summed E-state index contributed by atoms with van der Waals surface area (Å²) in [5.41, 5.74) is 3.30. The summed E-state index contributed by atoms with van der Waals surface area (Å²) in [5.74, 6) is -0.574. The fourth-order valence-electron chi connectivity index (χ4n) is 3.02. The van der Waals surface area contributed by atoms with Crippen molar-refractivity contribution in [2.75, 3.05) is 6.26 Å². The van der Waals surface area contributed by atoms with Crippen LogP contribution in [0.3, 0.4) is 0 Å². The van der Waals surface area contributed by atoms with Crippen molar-refractivity contribution in [3.05, 3.63) is 70.5 Å². The number of aryl methyl sites for hydroxylation is 2. The van der Waals surface area contributed by atoms with Gasteiger partial charge in [-0.2, -0.15) is 4.99 Å². The predicted octanol–water partition coefficient (Wildman–Crippen LogP) is 3.65. The Morgan fingerprint density at radius 1 is 1.26 bits per heavy atom. The minimum Gasteiger partial charge on any atom is -0.312 e. The highest BCUT2D eigenvalue weighted by atomic mass is 32.2. The lowest BCUT2D eigenvalue weighted by molar-refractivity contribution is 0.0994. The van der Waals surface area contributed by atoms with Gasteiger partial charge in [-0.25, -0.2) is 8.42 Å². The molecule has 140 valence electrons. The molecule has 0 spiro atoms. The summed E-state index contributed by atoms with van der Waals surface area (Å²) < 4.78 is 27.0. The van der Waals surface area contributed by atoms with Gasteiger partial charge in [0.25, 0.3) is 5.91 Å². The van der Waals surface area contributed by atoms with E-state index in [1.165, 1.54) is 23.5 Å². The number of allylic oxidation sites excluding steroid dienone is 1. The third kappa shape index (κ3) is 3.79. The number of benzene rings is 2. The SMILES string of the molecule is C=CCn1c(=NC(=O)c2ccccc2S(C)(=O)=O)sc2c(C)cc(C)cc21. The molecule has 0 saturated heterocycles. The normalized spacial score (nSPS) is 12.5. The summed E-state index contributed by atoms with van der Waals surface area (Å²) in [6, 6.07) is 10.3. The number of hydrogen-bond donors (Lipinski definition) is 0. The zero-order chi connectivity index (χ0) is 19.8. The Balaban J connectivity index is 2.26. The van der Waals surface area contributed by atoms with Crippen LogP contribution in [0, 0.1) is 13.8 Å². The molecule has 27 heavy (non-hydrogen) atoms. The van der Waals surface area contributed by atoms with Crippen LogP contribution >= 0.6 is 11.3 Å². The fourth-order valence-corrected chi connectivity index (χ4v) is 4.99. The van der Waals surface area contributed by atoms with Gasteiger partial charge in [0.2, 0.25) is 0 Å². The van der Waals surface area contributed by atoms with Crippen molar-refractivity contribution in [1.82, 2.24) is 4.57 Å². The molecule has 7 heteroatoms. The monoisotopic (exact) mass is 400 g/mol. The van der Waals surface area contributed by atoms with Crippen LogP contribution in [0.1, 0.15) is 21.5 Å². The van der Waals surface area contributed by atoms with E-state index in [1.54, 1.807) is 18.2 Å². The van der Waals surface area contributed by atoms with Crippen molar-refractivity contribution in [2.24, 2.45) is 4.99 Å². The van der Waals surface area contributed by atoms with Gasteiger partial charge in [-0.15, -0.1) is 6.58 Å². The Bertz CT molecular complexity index is 1230. The largest absolute Gasteiger partial charge is 0.312 e. The van der Waals surface area contributed by atoms with Crippen LogP contribution in [0.15, 0.2) is 58.9 Å². The number of nitrogens with zero attached hydrogens (tertiary/aromatic N) is 2. The number of aromatic nitrogens is 1. The average molecular weight is 401 g/mol. The van der Waals surface area contributed by atoms with E-state index in [9.17, 15) is 13.2 Å². The van der Waals surface area contributed by atoms with Gasteiger partial charge in [0.1, 0.15) is 0 Å². The Morgan fingerprint density at radius 2 is 1.96 bits per heavy atom. The van der Waals surface area contributed by atoms with E-state index in [2.05, 4.69) is 23.7 Å². The van der Waals surface area contributed by atoms with Crippen LogP contribution in [0.2, 0.25) is 0 Å². The molecule has 1 aromatic heterocycles. The second-order valence-electron chi connectivity index (χ2n) is 6.40. The standard InChI is InChI=1S/C20H20N2O3S2/c1-5-10-22-16-12-13(2)11-14(3)18(16)26-20(22)21-19(23)15-8-6-7-9-17(15)27(4,24)25/h5-9,11-12H,1,10H2,2-4H3. The van der Waals surface area contributed by atoms with Crippen LogP contribution in [0.5, 0.6) is 0 Å². The van der Waals surface area contributed by atoms with Gasteiger partial charge < -0.3 is 4.57 Å². The molecular formula is C20H20N2O3S2. The first-order chi connectivity index (χ1) is 12.7. The highest BCUT2D eigenvalue weighted by Crippen LogP contribution is 2.24. The molecule has 0 aliphatic rings. The van der Waals surface area contributed by atoms with Gasteiger partial charge in [-0.3, -0.25) is 4.79 Å². The van der Waals surface area contributed by atoms with Crippen molar-refractivity contribution in [3.8, 4) is 0 Å². The zero-order valence-electron chi connectivity index (χ0n) is 15.4. The molecule has 5 nitrogen and oxygen atoms in total. The molecule has 0 atom stereocenters. The molecule has 0 unspecified atom stereocenters. The van der Waals surface area contributed by atoms with E-state index < -0.39 is 15.7 Å². The summed E-state index contributed by atoms with van der Waals surface area (Å²) in [4.78, 5) is 17.6. The lowest BCUT2D eigenvalue weighted by atomic mass is 10.1. The van der Waals surface area contributed by atoms with Crippen molar-refractivity contribution < 1.29 is 13.2 Å². The van der Waals surface area contributed by atoms with Crippen LogP contribution in [0.25, 0.3) is 10.2 Å². The Morgan fingerprint density at radius 3 is 2.63 bits per heavy atom. The van der Waals surface area contributed by atoms with E-state index in [0.29, 0.717) is 11.3 Å². The molecule has 0 bridgehead atoms. The van der Waals surface area contributed by atoms with E-state index in [1.807, 2.05) is 18.4 Å². The summed E-state index contributed by atoms with van der Waals surface area (Å²) in [5, 5.41) is 0. The molecule has 0 N–H and O–H groups in total. The highest BCUT2D eigenvalue weighted by molar-refractivity contribution is 7.90. The minimum atomic E-state index is -3.53. The number of rotatable bonds is 4. The molecule has 1 amide bonds. The predicted molar refractivity (Wildman–Crippen MR) is 109 cm³/mol. The van der Waals surface area contributed by atoms with E-state index >= 15 is 0 Å². The number of amides is 1. The zero-order valence-corrected chi connectivity index (χ0v) is 17.0. The van der Waals surface area contributed by atoms with E-state index in [4.69, 9.17) is 0 Å². The van der Waals surface area contributed by atoms with Gasteiger partial charge in [-0.05, 0) is 43.2 Å². The number of carbonyl (C=O) groups excluding carboxylic acids is 1. The quantitative estimate of drug-likeness (QED) is 0.628. The van der Waals surface area contributed by atoms with E-state index in [0.717, 1.165) is 27.6 Å². The Kier molecular flexibility index (Phi) is 5.17. The second kappa shape index (κ2) is 7.25. The number of carbonyl (C=O) groups is 1. The molecule has 0 radical (unpaired) electrons. The maximum Gasteiger partial charge on any atom is 0.280 e. The summed E-state index contributed by atoms with van der Waals surface area (Å²) in [6.07, 6.45) is 2.83. The Labute approximate surface area is 162 Å². The number of fused-ring (bicyclic) bond motifs is 1. The van der Waals surface area contributed by atoms with Crippen molar-refractivity contribution in [3.63, 3.8) is 0 Å². The van der Waals surface area contributed by atoms with Gasteiger partial charge in [0.15, 0.2) is 14.6 Å². The minimum absolute atomic E-state index is 0.0119. The number of thiazole rings is 1. The molecule has 3 aromatic rings. The van der Waals surface area contributed by atoms with Crippen molar-refractivity contribution in [1.29, 1.82) is 0 Å². The second-order valence-corrected chi connectivity index (χ2v) is 9.36. The average Bonchev–Trinajstić information content (AvgIpc) is 2.92. The van der Waals surface area contributed by atoms with Gasteiger partial charge >= 0.3 is 0 Å². The van der Waals surface area contributed by atoms with Crippen molar-refractivity contribution >= 4 is 37.3 Å². The number of hydrogen-bond acceptors (Lipinski definition) is 4. The molecule has 1 heterocycles. The molecule has 3 rings (SSSR count). The van der Waals surface area contributed by atoms with Crippen LogP contribution in [0.4, 0.5) is 0 Å². The maximum absolute atomic E-state index is 12.8. The summed E-state index contributed by atoms with van der Waals surface area (Å²) in [6.45, 7) is 8.34. The van der Waals surface area contributed by atoms with Crippen LogP contribution < -0.4 is 4.80 Å². The fraction of sp³-hybridized carbons (Fsp3) is 0.200. The highest BCUT2D eigenvalue weighted by Gasteiger charge is 2.18. The van der Waals surface area contributed by atoms with Crippen LogP contribution in [-0.2, 0) is 16.4 Å².